The van der Waals surface area contributed by atoms with Gasteiger partial charge in [-0.05, 0) is 52.5 Å². The highest BCUT2D eigenvalue weighted by Gasteiger charge is 2.56. The molecule has 1 fully saturated rings. The Morgan fingerprint density at radius 3 is 1.16 bits per heavy atom. The second-order valence-corrected chi connectivity index (χ2v) is 22.7. The van der Waals surface area contributed by atoms with Gasteiger partial charge in [-0.15, -0.1) is 0 Å². The molecule has 1 aliphatic heterocycles. The number of rotatable bonds is 10. The van der Waals surface area contributed by atoms with Crippen molar-refractivity contribution in [3.05, 3.63) is 182 Å². The number of benzene rings is 6. The average Bonchev–Trinajstić information content (AvgIpc) is 3.54. The third-order valence-electron chi connectivity index (χ3n) is 9.58. The van der Waals surface area contributed by atoms with E-state index in [0.717, 1.165) is 0 Å². The van der Waals surface area contributed by atoms with E-state index in [0.29, 0.717) is 6.61 Å². The standard InChI is InChI=1S/C44H44O2P2Si/c1-44(2,3)49(39-30-18-8-19-31-39,40-32-20-9-21-33-40)46-43-42(48(37-26-14-6-15-27-37)38-28-16-7-17-29-38)41(34-45-43)47(35-22-10-4-11-23-35)36-24-12-5-13-25-36/h4-33,41-43H,34H2,1-3H3/t41-,42+,43-/m1/s1. The maximum Gasteiger partial charge on any atom is 0.264 e. The van der Waals surface area contributed by atoms with Crippen LogP contribution in [-0.4, -0.2) is 32.5 Å². The molecule has 0 spiro atoms. The molecule has 2 nitrogen and oxygen atoms in total. The van der Waals surface area contributed by atoms with Gasteiger partial charge < -0.3 is 9.16 Å². The van der Waals surface area contributed by atoms with E-state index in [1.807, 2.05) is 0 Å². The van der Waals surface area contributed by atoms with Gasteiger partial charge in [0.2, 0.25) is 0 Å². The summed E-state index contributed by atoms with van der Waals surface area (Å²) in [5, 5.41) is 7.85. The normalized spacial score (nSPS) is 18.2. The lowest BCUT2D eigenvalue weighted by Crippen LogP contribution is -2.68. The lowest BCUT2D eigenvalue weighted by Gasteiger charge is -2.46. The fourth-order valence-electron chi connectivity index (χ4n) is 7.44. The van der Waals surface area contributed by atoms with Crippen LogP contribution in [0.15, 0.2) is 182 Å². The minimum Gasteiger partial charge on any atom is -0.382 e. The first-order chi connectivity index (χ1) is 24.0. The SMILES string of the molecule is CC(C)(C)[Si](O[C@H]1OC[C@@H](P(c2ccccc2)c2ccccc2)[C@@H]1P(c1ccccc1)c1ccccc1)(c1ccccc1)c1ccccc1. The van der Waals surface area contributed by atoms with Crippen molar-refractivity contribution in [2.45, 2.75) is 43.4 Å². The van der Waals surface area contributed by atoms with Crippen molar-refractivity contribution in [2.75, 3.05) is 6.61 Å². The van der Waals surface area contributed by atoms with E-state index >= 15 is 0 Å². The summed E-state index contributed by atoms with van der Waals surface area (Å²) in [6.07, 6.45) is -0.403. The summed E-state index contributed by atoms with van der Waals surface area (Å²) >= 11 is 0. The van der Waals surface area contributed by atoms with Gasteiger partial charge in [0.1, 0.15) is 0 Å². The van der Waals surface area contributed by atoms with Crippen LogP contribution < -0.4 is 31.6 Å². The van der Waals surface area contributed by atoms with Crippen LogP contribution in [0.4, 0.5) is 0 Å². The van der Waals surface area contributed by atoms with E-state index in [-0.39, 0.29) is 16.4 Å². The zero-order valence-electron chi connectivity index (χ0n) is 28.5. The van der Waals surface area contributed by atoms with Gasteiger partial charge in [-0.25, -0.2) is 0 Å². The fraction of sp³-hybridized carbons (Fsp3) is 0.182. The average molecular weight is 695 g/mol. The van der Waals surface area contributed by atoms with Crippen LogP contribution in [0.5, 0.6) is 0 Å². The summed E-state index contributed by atoms with van der Waals surface area (Å²) < 4.78 is 15.1. The molecule has 0 aromatic heterocycles. The monoisotopic (exact) mass is 694 g/mol. The highest BCUT2D eigenvalue weighted by molar-refractivity contribution is 7.77. The number of hydrogen-bond acceptors (Lipinski definition) is 2. The van der Waals surface area contributed by atoms with E-state index in [1.54, 1.807) is 0 Å². The van der Waals surface area contributed by atoms with Crippen LogP contribution in [0.2, 0.25) is 5.04 Å². The molecule has 3 atom stereocenters. The maximum absolute atomic E-state index is 7.97. The Morgan fingerprint density at radius 2 is 0.816 bits per heavy atom. The zero-order valence-corrected chi connectivity index (χ0v) is 31.3. The third-order valence-corrected chi connectivity index (χ3v) is 20.6. The molecule has 6 aromatic carbocycles. The first-order valence-electron chi connectivity index (χ1n) is 17.2. The van der Waals surface area contributed by atoms with Gasteiger partial charge in [-0.2, -0.15) is 0 Å². The molecule has 246 valence electrons. The van der Waals surface area contributed by atoms with E-state index in [1.165, 1.54) is 31.6 Å². The molecule has 0 radical (unpaired) electrons. The topological polar surface area (TPSA) is 18.5 Å². The van der Waals surface area contributed by atoms with Crippen molar-refractivity contribution >= 4 is 55.8 Å². The van der Waals surface area contributed by atoms with Crippen LogP contribution in [0, 0.1) is 0 Å². The maximum atomic E-state index is 7.97. The van der Waals surface area contributed by atoms with Gasteiger partial charge in [0.05, 0.1) is 6.61 Å². The largest absolute Gasteiger partial charge is 0.382 e. The summed E-state index contributed by atoms with van der Waals surface area (Å²) in [6.45, 7) is 7.72. The minimum atomic E-state index is -2.93. The quantitative estimate of drug-likeness (QED) is 0.107. The van der Waals surface area contributed by atoms with E-state index in [2.05, 4.69) is 203 Å². The van der Waals surface area contributed by atoms with Gasteiger partial charge in [-0.1, -0.05) is 203 Å². The molecule has 0 aliphatic carbocycles. The second-order valence-electron chi connectivity index (χ2n) is 13.6. The third kappa shape index (κ3) is 6.89. The Balaban J connectivity index is 1.46. The number of ether oxygens (including phenoxy) is 1. The Hall–Kier alpha value is -3.68. The molecule has 1 heterocycles. The molecule has 1 aliphatic rings. The van der Waals surface area contributed by atoms with E-state index < -0.39 is 30.5 Å². The van der Waals surface area contributed by atoms with Gasteiger partial charge in [0.15, 0.2) is 6.29 Å². The lowest BCUT2D eigenvalue weighted by atomic mass is 10.2. The van der Waals surface area contributed by atoms with Gasteiger partial charge >= 0.3 is 0 Å². The molecule has 5 heteroatoms. The summed E-state index contributed by atoms with van der Waals surface area (Å²) in [5.74, 6) is 0. The van der Waals surface area contributed by atoms with Crippen LogP contribution in [0.25, 0.3) is 0 Å². The first-order valence-corrected chi connectivity index (χ1v) is 21.9. The molecule has 0 bridgehead atoms. The van der Waals surface area contributed by atoms with Crippen LogP contribution in [-0.2, 0) is 9.16 Å². The molecular formula is C44H44O2P2Si. The highest BCUT2D eigenvalue weighted by Crippen LogP contribution is 2.57. The molecular weight excluding hydrogens is 651 g/mol. The highest BCUT2D eigenvalue weighted by atomic mass is 31.1. The summed E-state index contributed by atoms with van der Waals surface area (Å²) in [4.78, 5) is 0. The van der Waals surface area contributed by atoms with Crippen LogP contribution in [0.1, 0.15) is 20.8 Å². The predicted molar refractivity (Wildman–Crippen MR) is 214 cm³/mol. The molecule has 0 unspecified atom stereocenters. The fourth-order valence-corrected chi connectivity index (χ4v) is 18.5. The summed E-state index contributed by atoms with van der Waals surface area (Å²) in [6, 6.07) is 66.6. The Morgan fingerprint density at radius 1 is 0.490 bits per heavy atom. The van der Waals surface area contributed by atoms with E-state index in [9.17, 15) is 0 Å². The van der Waals surface area contributed by atoms with Gasteiger partial charge in [-0.3, -0.25) is 0 Å². The summed E-state index contributed by atoms with van der Waals surface area (Å²) in [7, 11) is -4.60. The molecule has 1 saturated heterocycles. The Bertz CT molecular complexity index is 1770. The smallest absolute Gasteiger partial charge is 0.264 e. The second kappa shape index (κ2) is 15.1. The number of hydrogen-bond donors (Lipinski definition) is 0. The molecule has 0 N–H and O–H groups in total. The van der Waals surface area contributed by atoms with Gasteiger partial charge in [0, 0.05) is 11.3 Å². The first kappa shape index (κ1) is 33.8. The molecule has 0 saturated carbocycles. The van der Waals surface area contributed by atoms with Crippen molar-refractivity contribution in [1.82, 2.24) is 0 Å². The Kier molecular flexibility index (Phi) is 10.4. The molecule has 0 amide bonds. The minimum absolute atomic E-state index is 0.105. The van der Waals surface area contributed by atoms with Crippen molar-refractivity contribution in [3.8, 4) is 0 Å². The molecule has 7 rings (SSSR count). The van der Waals surface area contributed by atoms with Crippen LogP contribution >= 0.6 is 15.8 Å². The summed E-state index contributed by atoms with van der Waals surface area (Å²) in [5.41, 5.74) is 0.336. The van der Waals surface area contributed by atoms with Crippen molar-refractivity contribution in [3.63, 3.8) is 0 Å². The molecule has 6 aromatic rings. The van der Waals surface area contributed by atoms with Crippen LogP contribution in [0.3, 0.4) is 0 Å². The lowest BCUT2D eigenvalue weighted by molar-refractivity contribution is -0.0437. The van der Waals surface area contributed by atoms with Gasteiger partial charge in [0.25, 0.3) is 8.32 Å². The zero-order chi connectivity index (χ0) is 33.7. The predicted octanol–water partition coefficient (Wildman–Crippen LogP) is 7.92. The molecule has 49 heavy (non-hydrogen) atoms. The van der Waals surface area contributed by atoms with Crippen molar-refractivity contribution in [2.24, 2.45) is 0 Å². The van der Waals surface area contributed by atoms with E-state index in [4.69, 9.17) is 9.16 Å². The van der Waals surface area contributed by atoms with Crippen molar-refractivity contribution < 1.29 is 9.16 Å². The van der Waals surface area contributed by atoms with Crippen molar-refractivity contribution in [1.29, 1.82) is 0 Å². The Labute approximate surface area is 295 Å².